The molecule has 4 rings (SSSR count). The van der Waals surface area contributed by atoms with E-state index < -0.39 is 17.7 Å². The molecular formula is C28H28N6O5. The highest BCUT2D eigenvalue weighted by Gasteiger charge is 2.25. The minimum atomic E-state index is -0.933. The highest BCUT2D eigenvalue weighted by molar-refractivity contribution is 6.11. The van der Waals surface area contributed by atoms with Crippen LogP contribution in [0, 0.1) is 12.8 Å². The van der Waals surface area contributed by atoms with Crippen molar-refractivity contribution < 1.29 is 24.8 Å². The molecule has 0 saturated heterocycles. The van der Waals surface area contributed by atoms with E-state index in [9.17, 15) is 19.6 Å². The summed E-state index contributed by atoms with van der Waals surface area (Å²) in [5.41, 5.74) is 10.2. The van der Waals surface area contributed by atoms with Crippen molar-refractivity contribution >= 4 is 35.3 Å². The number of amides is 3. The number of benzene rings is 2. The van der Waals surface area contributed by atoms with Gasteiger partial charge in [0.2, 0.25) is 0 Å². The molecule has 39 heavy (non-hydrogen) atoms. The molecule has 1 heterocycles. The molecule has 1 aromatic heterocycles. The van der Waals surface area contributed by atoms with Gasteiger partial charge in [-0.05, 0) is 90.9 Å². The van der Waals surface area contributed by atoms with Crippen LogP contribution in [0.15, 0.2) is 60.3 Å². The average molecular weight is 529 g/mol. The van der Waals surface area contributed by atoms with Gasteiger partial charge in [-0.3, -0.25) is 19.6 Å². The smallest absolute Gasteiger partial charge is 0.293 e. The average Bonchev–Trinajstić information content (AvgIpc) is 3.79. The predicted octanol–water partition coefficient (Wildman–Crippen LogP) is 3.31. The first-order chi connectivity index (χ1) is 18.7. The number of oxime groups is 1. The summed E-state index contributed by atoms with van der Waals surface area (Å²) in [6.07, 6.45) is 3.73. The molecular weight excluding hydrogens is 500 g/mol. The van der Waals surface area contributed by atoms with Gasteiger partial charge in [-0.15, -0.1) is 0 Å². The molecule has 1 aliphatic rings. The first-order valence-corrected chi connectivity index (χ1v) is 12.2. The lowest BCUT2D eigenvalue weighted by Crippen LogP contribution is -2.28. The molecule has 3 amide bonds. The van der Waals surface area contributed by atoms with Gasteiger partial charge < -0.3 is 21.6 Å². The highest BCUT2D eigenvalue weighted by Crippen LogP contribution is 2.31. The maximum atomic E-state index is 13.5. The normalized spacial score (nSPS) is 12.9. The van der Waals surface area contributed by atoms with Gasteiger partial charge >= 0.3 is 0 Å². The summed E-state index contributed by atoms with van der Waals surface area (Å²) in [5, 5.41) is 26.8. The zero-order chi connectivity index (χ0) is 28.1. The van der Waals surface area contributed by atoms with Crippen LogP contribution in [0.5, 0.6) is 0 Å². The van der Waals surface area contributed by atoms with Gasteiger partial charge in [0, 0.05) is 28.9 Å². The van der Waals surface area contributed by atoms with Crippen LogP contribution in [0.4, 0.5) is 5.69 Å². The number of aryl methyl sites for hydroxylation is 1. The quantitative estimate of drug-likeness (QED) is 0.0810. The number of hydroxylamine groups is 1. The summed E-state index contributed by atoms with van der Waals surface area (Å²) in [6, 6.07) is 12.7. The Balaban J connectivity index is 1.74. The number of hydrogen-bond acceptors (Lipinski definition) is 7. The molecule has 7 N–H and O–H groups in total. The van der Waals surface area contributed by atoms with Crippen molar-refractivity contribution in [2.75, 3.05) is 11.9 Å². The second-order valence-electron chi connectivity index (χ2n) is 9.16. The fraction of sp³-hybridized carbons (Fsp3) is 0.179. The van der Waals surface area contributed by atoms with Crippen LogP contribution >= 0.6 is 0 Å². The zero-order valence-corrected chi connectivity index (χ0v) is 21.2. The standard InChI is InChI=1S/C28H28N6O5/c1-3-17-13-22(26(35)31-19-8-6-18(7-9-19)25(29)33-38)21(12-15(17)2)20-10-11-23(32-24(20)28(37)34-39)27(36)30-14-16-4-5-16/h3,6-13,16,38-39H,1,4-5,14H2,2H3,(H2,29,33)(H,30,36)(H,31,35)(H,34,37). The summed E-state index contributed by atoms with van der Waals surface area (Å²) in [4.78, 5) is 43.0. The largest absolute Gasteiger partial charge is 0.409 e. The van der Waals surface area contributed by atoms with E-state index in [0.29, 0.717) is 34.8 Å². The number of carbonyl (C=O) groups excluding carboxylic acids is 3. The number of aromatic nitrogens is 1. The third kappa shape index (κ3) is 6.11. The first kappa shape index (κ1) is 27.0. The van der Waals surface area contributed by atoms with Gasteiger partial charge in [-0.25, -0.2) is 10.5 Å². The molecule has 11 nitrogen and oxygen atoms in total. The Labute approximate surface area is 224 Å². The molecule has 0 radical (unpaired) electrons. The third-order valence-corrected chi connectivity index (χ3v) is 6.40. The summed E-state index contributed by atoms with van der Waals surface area (Å²) in [6.45, 7) is 6.16. The van der Waals surface area contributed by atoms with Crippen molar-refractivity contribution in [2.24, 2.45) is 16.8 Å². The molecule has 0 bridgehead atoms. The number of carbonyl (C=O) groups is 3. The van der Waals surface area contributed by atoms with Crippen molar-refractivity contribution in [1.82, 2.24) is 15.8 Å². The minimum absolute atomic E-state index is 0.00853. The number of nitrogens with two attached hydrogens (primary N) is 1. The van der Waals surface area contributed by atoms with E-state index in [1.807, 2.05) is 6.92 Å². The maximum Gasteiger partial charge on any atom is 0.293 e. The van der Waals surface area contributed by atoms with Crippen LogP contribution in [0.3, 0.4) is 0 Å². The molecule has 0 aliphatic heterocycles. The fourth-order valence-corrected chi connectivity index (χ4v) is 4.01. The Hall–Kier alpha value is -5.03. The predicted molar refractivity (Wildman–Crippen MR) is 146 cm³/mol. The number of nitrogens with one attached hydrogen (secondary N) is 3. The molecule has 2 aromatic carbocycles. The molecule has 1 aliphatic carbocycles. The maximum absolute atomic E-state index is 13.5. The lowest BCUT2D eigenvalue weighted by atomic mass is 9.92. The van der Waals surface area contributed by atoms with Gasteiger partial charge in [-0.1, -0.05) is 17.8 Å². The Bertz CT molecular complexity index is 1480. The van der Waals surface area contributed by atoms with E-state index in [2.05, 4.69) is 27.4 Å². The number of amidine groups is 1. The summed E-state index contributed by atoms with van der Waals surface area (Å²) < 4.78 is 0. The molecule has 3 aromatic rings. The Morgan fingerprint density at radius 2 is 1.79 bits per heavy atom. The highest BCUT2D eigenvalue weighted by atomic mass is 16.5. The molecule has 0 spiro atoms. The van der Waals surface area contributed by atoms with Gasteiger partial charge in [-0.2, -0.15) is 0 Å². The van der Waals surface area contributed by atoms with Gasteiger partial charge in [0.15, 0.2) is 5.84 Å². The van der Waals surface area contributed by atoms with Crippen molar-refractivity contribution in [3.8, 4) is 11.1 Å². The molecule has 0 unspecified atom stereocenters. The van der Waals surface area contributed by atoms with Crippen molar-refractivity contribution in [2.45, 2.75) is 19.8 Å². The van der Waals surface area contributed by atoms with Crippen LogP contribution in [0.25, 0.3) is 17.2 Å². The Morgan fingerprint density at radius 1 is 1.08 bits per heavy atom. The monoisotopic (exact) mass is 528 g/mol. The second kappa shape index (κ2) is 11.6. The minimum Gasteiger partial charge on any atom is -0.409 e. The molecule has 0 atom stereocenters. The van der Waals surface area contributed by atoms with Crippen molar-refractivity contribution in [3.63, 3.8) is 0 Å². The zero-order valence-electron chi connectivity index (χ0n) is 21.2. The number of pyridine rings is 1. The van der Waals surface area contributed by atoms with E-state index in [-0.39, 0.29) is 28.4 Å². The third-order valence-electron chi connectivity index (χ3n) is 6.40. The number of anilines is 1. The van der Waals surface area contributed by atoms with Crippen LogP contribution in [0.1, 0.15) is 60.9 Å². The van der Waals surface area contributed by atoms with Crippen LogP contribution < -0.4 is 21.8 Å². The molecule has 1 fully saturated rings. The molecule has 200 valence electrons. The lowest BCUT2D eigenvalue weighted by Gasteiger charge is -2.16. The van der Waals surface area contributed by atoms with E-state index in [4.69, 9.17) is 10.9 Å². The molecule has 11 heteroatoms. The number of hydrogen-bond donors (Lipinski definition) is 6. The van der Waals surface area contributed by atoms with E-state index in [0.717, 1.165) is 18.4 Å². The summed E-state index contributed by atoms with van der Waals surface area (Å²) >= 11 is 0. The SMILES string of the molecule is C=Cc1cc(C(=O)Nc2ccc(/C(N)=N/O)cc2)c(-c2ccc(C(=O)NCC3CC3)nc2C(=O)NO)cc1C. The van der Waals surface area contributed by atoms with E-state index in [1.165, 1.54) is 12.1 Å². The molecule has 1 saturated carbocycles. The Morgan fingerprint density at radius 3 is 2.41 bits per heavy atom. The van der Waals surface area contributed by atoms with Crippen LogP contribution in [-0.2, 0) is 0 Å². The van der Waals surface area contributed by atoms with E-state index >= 15 is 0 Å². The van der Waals surface area contributed by atoms with Gasteiger partial charge in [0.25, 0.3) is 17.7 Å². The number of nitrogens with zero attached hydrogens (tertiary/aromatic N) is 2. The summed E-state index contributed by atoms with van der Waals surface area (Å²) in [5.74, 6) is -1.48. The first-order valence-electron chi connectivity index (χ1n) is 12.2. The lowest BCUT2D eigenvalue weighted by molar-refractivity contribution is 0.0701. The van der Waals surface area contributed by atoms with Gasteiger partial charge in [0.1, 0.15) is 11.4 Å². The van der Waals surface area contributed by atoms with Crippen LogP contribution in [0.2, 0.25) is 0 Å². The number of rotatable bonds is 9. The van der Waals surface area contributed by atoms with Crippen LogP contribution in [-0.4, -0.2) is 45.5 Å². The van der Waals surface area contributed by atoms with Crippen molar-refractivity contribution in [3.05, 3.63) is 88.8 Å². The fourth-order valence-electron chi connectivity index (χ4n) is 4.01. The van der Waals surface area contributed by atoms with E-state index in [1.54, 1.807) is 48.0 Å². The van der Waals surface area contributed by atoms with Gasteiger partial charge in [0.05, 0.1) is 0 Å². The Kier molecular flexibility index (Phi) is 8.01. The summed E-state index contributed by atoms with van der Waals surface area (Å²) in [7, 11) is 0. The van der Waals surface area contributed by atoms with Crippen molar-refractivity contribution in [1.29, 1.82) is 0 Å². The second-order valence-corrected chi connectivity index (χ2v) is 9.16. The topological polar surface area (TPSA) is 179 Å².